The number of nitrogens with one attached hydrogen (secondary N) is 6. The number of Topliss-reactive ketones (excluding diaryl/α,β-unsaturated/α-hetero) is 1. The molecule has 100 heavy (non-hydrogen) atoms. The highest BCUT2D eigenvalue weighted by Crippen LogP contribution is 2.49. The van der Waals surface area contributed by atoms with Crippen LogP contribution in [0, 0.1) is 5.92 Å². The number of aliphatic hydroxyl groups excluding tert-OH is 5. The van der Waals surface area contributed by atoms with E-state index >= 15 is 19.2 Å². The first-order valence-electron chi connectivity index (χ1n) is 31.3. The molecule has 0 aromatic heterocycles. The molecule has 2 fully saturated rings. The molecule has 7 aliphatic rings. The van der Waals surface area contributed by atoms with Gasteiger partial charge in [-0.1, -0.05) is 67.4 Å². The van der Waals surface area contributed by atoms with E-state index in [1.807, 2.05) is 0 Å². The van der Waals surface area contributed by atoms with E-state index in [1.54, 1.807) is 13.8 Å². The lowest BCUT2D eigenvalue weighted by Gasteiger charge is -2.40. The molecule has 7 heterocycles. The number of nitrogens with two attached hydrogens (primary N) is 3. The fourth-order valence-electron chi connectivity index (χ4n) is 12.2. The smallest absolute Gasteiger partial charge is 0.330 e. The molecule has 5 aromatic rings. The van der Waals surface area contributed by atoms with Crippen LogP contribution in [0.3, 0.4) is 0 Å². The van der Waals surface area contributed by atoms with Gasteiger partial charge in [-0.05, 0) is 109 Å². The van der Waals surface area contributed by atoms with Gasteiger partial charge in [0, 0.05) is 17.5 Å². The van der Waals surface area contributed by atoms with E-state index in [4.69, 9.17) is 73.6 Å². The van der Waals surface area contributed by atoms with Gasteiger partial charge in [-0.3, -0.25) is 38.4 Å². The minimum atomic E-state index is -2.31. The van der Waals surface area contributed by atoms with Crippen molar-refractivity contribution in [1.82, 2.24) is 31.9 Å². The van der Waals surface area contributed by atoms with Gasteiger partial charge in [0.15, 0.2) is 29.6 Å². The summed E-state index contributed by atoms with van der Waals surface area (Å²) in [6.45, 7) is 5.37. The number of phenols is 1. The highest BCUT2D eigenvalue weighted by atomic mass is 35.5. The van der Waals surface area contributed by atoms with Gasteiger partial charge in [-0.15, -0.1) is 0 Å². The third-order valence-corrected chi connectivity index (χ3v) is 18.0. The molecule has 5 aromatic carbocycles. The third kappa shape index (κ3) is 15.4. The molecule has 2 saturated heterocycles. The van der Waals surface area contributed by atoms with E-state index in [-0.39, 0.29) is 74.4 Å². The van der Waals surface area contributed by atoms with Crippen LogP contribution in [0.4, 0.5) is 0 Å². The molecule has 0 aliphatic carbocycles. The highest BCUT2D eigenvalue weighted by molar-refractivity contribution is 6.32. The van der Waals surface area contributed by atoms with Crippen LogP contribution in [-0.2, 0) is 57.4 Å². The summed E-state index contributed by atoms with van der Waals surface area (Å²) in [5.74, 6) is -14.5. The van der Waals surface area contributed by atoms with Crippen molar-refractivity contribution in [2.75, 3.05) is 13.7 Å². The van der Waals surface area contributed by atoms with Crippen molar-refractivity contribution in [2.45, 2.75) is 150 Å². The maximum atomic E-state index is 16.1. The van der Waals surface area contributed by atoms with Gasteiger partial charge < -0.3 is 118 Å². The zero-order valence-electron chi connectivity index (χ0n) is 53.9. The van der Waals surface area contributed by atoms with Gasteiger partial charge in [-0.25, -0.2) is 4.79 Å². The van der Waals surface area contributed by atoms with Crippen LogP contribution in [0.1, 0.15) is 105 Å². The second-order valence-electron chi connectivity index (χ2n) is 25.2. The number of ether oxygens (including phenoxy) is 7. The zero-order valence-corrected chi connectivity index (χ0v) is 55.4. The molecular weight excluding hydrogens is 1360 g/mol. The Morgan fingerprint density at radius 1 is 0.740 bits per heavy atom. The molecule has 34 heteroatoms. The second-order valence-corrected chi connectivity index (χ2v) is 26.1. The number of carboxylic acid groups (broad SMARTS) is 1. The Kier molecular flexibility index (Phi) is 21.9. The number of fused-ring (bicyclic) bond motifs is 15. The summed E-state index contributed by atoms with van der Waals surface area (Å²) in [7, 11) is 1.23. The van der Waals surface area contributed by atoms with E-state index in [0.29, 0.717) is 0 Å². The topological polar surface area (TPSA) is 510 Å². The quantitative estimate of drug-likeness (QED) is 0.0769. The molecule has 0 radical (unpaired) electrons. The van der Waals surface area contributed by atoms with Crippen LogP contribution in [0.25, 0.3) is 11.1 Å². The predicted octanol–water partition coefficient (Wildman–Crippen LogP) is 0.651. The van der Waals surface area contributed by atoms with Crippen LogP contribution >= 0.6 is 23.2 Å². The maximum absolute atomic E-state index is 16.1. The SMILES string of the molecule is COc1cccc2c1-c1cc(ccc1O)[C@H]1NC(=O)[C@@H]3NC(=O)[C@H](CC(N)=O)NC(=O)[C@H](NC(=O)[C@H](N)CC(C)C)[C@H](O)c4ccc(c(Cl)c4)Oc4cc3cc(c4O[C@@H]3O[C@H](CO)[C@@H](O)[C@H](O)[C@H]3O)Oc3ccc(cc3Cl)[C@@H](O[C@H]3C[C@](C)(N)C(=O)[C@H](C)O3)[C@H](NC1=O)C(=O)N[C@@H]2C(=O)O. The number of carboxylic acids is 1. The number of carbonyl (C=O) groups excluding carboxylic acids is 8. The maximum Gasteiger partial charge on any atom is 0.330 e. The van der Waals surface area contributed by atoms with Crippen LogP contribution in [0.15, 0.2) is 84.9 Å². The Morgan fingerprint density at radius 3 is 1.97 bits per heavy atom. The van der Waals surface area contributed by atoms with Crippen molar-refractivity contribution in [2.24, 2.45) is 23.1 Å². The number of aromatic hydroxyl groups is 1. The van der Waals surface area contributed by atoms with Gasteiger partial charge in [0.05, 0.1) is 41.8 Å². The van der Waals surface area contributed by atoms with Gasteiger partial charge in [0.25, 0.3) is 0 Å². The van der Waals surface area contributed by atoms with E-state index in [2.05, 4.69) is 31.9 Å². The Morgan fingerprint density at radius 2 is 1.36 bits per heavy atom. The molecule has 12 rings (SSSR count). The van der Waals surface area contributed by atoms with Gasteiger partial charge in [-0.2, -0.15) is 0 Å². The lowest BCUT2D eigenvalue weighted by Crippen LogP contribution is -2.60. The zero-order chi connectivity index (χ0) is 72.7. The third-order valence-electron chi connectivity index (χ3n) is 17.4. The van der Waals surface area contributed by atoms with Crippen molar-refractivity contribution >= 4 is 76.3 Å². The first-order chi connectivity index (χ1) is 47.3. The van der Waals surface area contributed by atoms with Crippen LogP contribution in [-0.4, -0.2) is 175 Å². The summed E-state index contributed by atoms with van der Waals surface area (Å²) in [6, 6.07) is 2.66. The summed E-state index contributed by atoms with van der Waals surface area (Å²) < 4.78 is 43.6. The first kappa shape index (κ1) is 73.4. The fourth-order valence-corrected chi connectivity index (χ4v) is 12.7. The molecule has 7 amide bonds. The predicted molar refractivity (Wildman–Crippen MR) is 347 cm³/mol. The standard InChI is InChI=1S/C66H73Cl2N9O23/c1-24(2)15-34(69)58(86)76-49-51(81)27-10-13-37(32(67)17-27)96-40-19-29-20-41(56(40)100-65-54(84)53(83)52(82)42(23-78)98-65)97-38-14-11-28(18-33(38)68)55(99-44-22-66(4,71)57(85)25(3)95-44)50-63(91)75-48(64(92)93)30-7-6-8-39(94-5)45(30)31-16-26(9-12-36(31)79)46(60(88)77-50)74-61(89)47(29)73-59(87)35(21-43(70)80)72-62(49)90/h6-14,16-20,24-25,34-35,42,44,46-55,65,78-79,81-84H,15,21-23,69,71H2,1-5H3,(H2,70,80)(H,72,90)(H,73,87)(H,74,89)(H,75,91)(H,76,86)(H,77,88)(H,92,93)/t25-,34+,35-,42+,44-,46+,47+,48-,49+,50-,51+,52+,53-,54+,55+,65-,66-/m0/s1. The van der Waals surface area contributed by atoms with E-state index in [1.165, 1.54) is 81.6 Å². The minimum Gasteiger partial charge on any atom is -0.507 e. The van der Waals surface area contributed by atoms with E-state index < -0.39 is 203 Å². The van der Waals surface area contributed by atoms with Crippen LogP contribution in [0.2, 0.25) is 10.0 Å². The van der Waals surface area contributed by atoms with Crippen molar-refractivity contribution < 1.29 is 112 Å². The number of aliphatic hydroxyl groups is 5. The number of methoxy groups -OCH3 is 1. The number of amides is 7. The number of hydrogen-bond acceptors (Lipinski definition) is 24. The van der Waals surface area contributed by atoms with Gasteiger partial charge >= 0.3 is 5.97 Å². The van der Waals surface area contributed by atoms with Crippen LogP contribution < -0.4 is 68.0 Å². The molecule has 0 spiro atoms. The lowest BCUT2D eigenvalue weighted by atomic mass is 9.88. The Labute approximate surface area is 579 Å². The summed E-state index contributed by atoms with van der Waals surface area (Å²) in [5, 5.41) is 92.9. The number of halogens is 2. The normalized spacial score (nSPS) is 28.9. The summed E-state index contributed by atoms with van der Waals surface area (Å²) in [4.78, 5) is 132. The van der Waals surface area contributed by atoms with E-state index in [9.17, 15) is 59.7 Å². The number of primary amides is 1. The Hall–Kier alpha value is -9.29. The highest BCUT2D eigenvalue weighted by Gasteiger charge is 2.49. The number of carbonyl (C=O) groups is 9. The number of aliphatic carboxylic acids is 1. The van der Waals surface area contributed by atoms with Crippen molar-refractivity contribution in [3.63, 3.8) is 0 Å². The minimum absolute atomic E-state index is 0.0750. The number of ketones is 1. The molecule has 32 nitrogen and oxygen atoms in total. The Balaban J connectivity index is 1.26. The number of hydrogen-bond donors (Lipinski definition) is 16. The van der Waals surface area contributed by atoms with Crippen molar-refractivity contribution in [1.29, 1.82) is 0 Å². The average molecular weight is 1430 g/mol. The van der Waals surface area contributed by atoms with Gasteiger partial charge in [0.1, 0.15) is 95.9 Å². The molecule has 19 N–H and O–H groups in total. The summed E-state index contributed by atoms with van der Waals surface area (Å²) in [6.07, 6.45) is -18.0. The molecule has 534 valence electrons. The fraction of sp³-hybridized carbons (Fsp3) is 0.409. The molecular formula is C66H73Cl2N9O23. The van der Waals surface area contributed by atoms with Crippen molar-refractivity contribution in [3.05, 3.63) is 123 Å². The first-order valence-corrected chi connectivity index (χ1v) is 32.0. The van der Waals surface area contributed by atoms with E-state index in [0.717, 1.165) is 24.3 Å². The second kappa shape index (κ2) is 29.9. The summed E-state index contributed by atoms with van der Waals surface area (Å²) >= 11 is 14.2. The Bertz CT molecular complexity index is 4070. The monoisotopic (exact) mass is 1430 g/mol. The molecule has 11 bridgehead atoms. The molecule has 0 unspecified atom stereocenters. The summed E-state index contributed by atoms with van der Waals surface area (Å²) in [5.41, 5.74) is 15.3. The largest absolute Gasteiger partial charge is 0.507 e. The number of benzene rings is 5. The number of rotatable bonds is 13. The lowest BCUT2D eigenvalue weighted by molar-refractivity contribution is -0.277. The molecule has 0 saturated carbocycles. The van der Waals surface area contributed by atoms with Gasteiger partial charge in [0.2, 0.25) is 53.4 Å². The number of phenolic OH excluding ortho intramolecular Hbond substituents is 1. The van der Waals surface area contributed by atoms with Crippen LogP contribution in [0.5, 0.6) is 40.2 Å². The molecule has 7 aliphatic heterocycles. The molecule has 17 atom stereocenters. The van der Waals surface area contributed by atoms with Crippen molar-refractivity contribution in [3.8, 4) is 51.4 Å². The average Bonchev–Trinajstić information content (AvgIpc) is 0.774.